The van der Waals surface area contributed by atoms with Gasteiger partial charge in [0.1, 0.15) is 22.1 Å². The third-order valence-electron chi connectivity index (χ3n) is 6.61. The molecule has 1 aliphatic heterocycles. The van der Waals surface area contributed by atoms with Gasteiger partial charge < -0.3 is 34.5 Å². The average molecular weight is 626 g/mol. The first-order chi connectivity index (χ1) is 19.4. The van der Waals surface area contributed by atoms with Gasteiger partial charge in [-0.05, 0) is 20.3 Å². The number of aryl methyl sites for hydroxylation is 1. The SMILES string of the molecule is CCOC(=O)c1sc(N2CC[C@@H](NC(=O)c3[nH]c(C)c(Cl)c3Cl)[C@@H](OC)C2)nc1-c1cc(N(C)C)nc(N(C)C)n1. The summed E-state index contributed by atoms with van der Waals surface area (Å²) in [6.45, 7) is 4.74. The van der Waals surface area contributed by atoms with Gasteiger partial charge in [0.15, 0.2) is 5.13 Å². The van der Waals surface area contributed by atoms with Crippen molar-refractivity contribution in [3.63, 3.8) is 0 Å². The molecule has 2 atom stereocenters. The molecule has 4 rings (SSSR count). The maximum atomic E-state index is 13.0. The Morgan fingerprint density at radius 2 is 1.90 bits per heavy atom. The van der Waals surface area contributed by atoms with E-state index in [-0.39, 0.29) is 35.4 Å². The standard InChI is InChI=1S/C26H34Cl2N8O4S/c1-8-40-24(38)22-20(15-11-17(34(3)4)32-25(31-15)35(5)6)33-26(41-22)36-10-9-14(16(12-36)39-7)30-23(37)21-19(28)18(27)13(2)29-21/h11,14,16,29H,8-10,12H2,1-7H3,(H,30,37)/t14-,16+/m1/s1. The third-order valence-corrected chi connectivity index (χ3v) is 8.65. The highest BCUT2D eigenvalue weighted by Crippen LogP contribution is 2.36. The fraction of sp³-hybridized carbons (Fsp3) is 0.500. The zero-order valence-corrected chi connectivity index (χ0v) is 26.4. The highest BCUT2D eigenvalue weighted by Gasteiger charge is 2.34. The molecule has 0 aromatic carbocycles. The van der Waals surface area contributed by atoms with Crippen LogP contribution in [0.25, 0.3) is 11.4 Å². The molecule has 2 N–H and O–H groups in total. The molecular formula is C26H34Cl2N8O4S. The largest absolute Gasteiger partial charge is 0.462 e. The predicted molar refractivity (Wildman–Crippen MR) is 162 cm³/mol. The molecule has 4 heterocycles. The Labute approximate surface area is 253 Å². The number of anilines is 3. The zero-order valence-electron chi connectivity index (χ0n) is 24.0. The van der Waals surface area contributed by atoms with Gasteiger partial charge in [-0.3, -0.25) is 4.79 Å². The Bertz CT molecular complexity index is 1400. The minimum atomic E-state index is -0.468. The summed E-state index contributed by atoms with van der Waals surface area (Å²) in [7, 11) is 9.07. The highest BCUT2D eigenvalue weighted by molar-refractivity contribution is 7.17. The van der Waals surface area contributed by atoms with E-state index in [1.54, 1.807) is 31.9 Å². The summed E-state index contributed by atoms with van der Waals surface area (Å²) in [5, 5.41) is 4.16. The molecule has 15 heteroatoms. The zero-order chi connectivity index (χ0) is 30.0. The van der Waals surface area contributed by atoms with E-state index in [0.717, 1.165) is 0 Å². The number of piperidine rings is 1. The van der Waals surface area contributed by atoms with Crippen LogP contribution in [0, 0.1) is 6.92 Å². The number of carbonyl (C=O) groups excluding carboxylic acids is 2. The Hall–Kier alpha value is -3.13. The van der Waals surface area contributed by atoms with Crippen LogP contribution < -0.4 is 20.0 Å². The van der Waals surface area contributed by atoms with Crippen LogP contribution in [0.1, 0.15) is 39.2 Å². The van der Waals surface area contributed by atoms with Crippen LogP contribution in [-0.4, -0.2) is 99.0 Å². The van der Waals surface area contributed by atoms with Crippen LogP contribution in [-0.2, 0) is 9.47 Å². The summed E-state index contributed by atoms with van der Waals surface area (Å²) >= 11 is 13.6. The molecule has 1 fully saturated rings. The van der Waals surface area contributed by atoms with Crippen molar-refractivity contribution in [2.75, 3.05) is 69.7 Å². The van der Waals surface area contributed by atoms with Gasteiger partial charge in [0.05, 0.1) is 34.5 Å². The summed E-state index contributed by atoms with van der Waals surface area (Å²) in [4.78, 5) is 49.1. The first-order valence-electron chi connectivity index (χ1n) is 13.0. The number of carbonyl (C=O) groups is 2. The van der Waals surface area contributed by atoms with Crippen LogP contribution in [0.5, 0.6) is 0 Å². The fourth-order valence-electron chi connectivity index (χ4n) is 4.39. The minimum absolute atomic E-state index is 0.189. The van der Waals surface area contributed by atoms with Crippen LogP contribution in [0.15, 0.2) is 6.07 Å². The van der Waals surface area contributed by atoms with Crippen LogP contribution in [0.3, 0.4) is 0 Å². The molecule has 1 aliphatic rings. The number of methoxy groups -OCH3 is 1. The van der Waals surface area contributed by atoms with Crippen molar-refractivity contribution < 1.29 is 19.1 Å². The second-order valence-electron chi connectivity index (χ2n) is 9.94. The lowest BCUT2D eigenvalue weighted by molar-refractivity contribution is 0.0531. The van der Waals surface area contributed by atoms with E-state index in [4.69, 9.17) is 37.7 Å². The Morgan fingerprint density at radius 1 is 1.17 bits per heavy atom. The smallest absolute Gasteiger partial charge is 0.350 e. The number of H-pyrrole nitrogens is 1. The summed E-state index contributed by atoms with van der Waals surface area (Å²) < 4.78 is 11.1. The molecule has 0 bridgehead atoms. The summed E-state index contributed by atoms with van der Waals surface area (Å²) in [5.41, 5.74) is 1.78. The van der Waals surface area contributed by atoms with E-state index >= 15 is 0 Å². The van der Waals surface area contributed by atoms with Gasteiger partial charge in [0, 0.05) is 60.2 Å². The van der Waals surface area contributed by atoms with Crippen molar-refractivity contribution in [2.24, 2.45) is 0 Å². The van der Waals surface area contributed by atoms with E-state index in [0.29, 0.717) is 63.4 Å². The number of rotatable bonds is 9. The molecule has 222 valence electrons. The lowest BCUT2D eigenvalue weighted by atomic mass is 10.0. The van der Waals surface area contributed by atoms with Crippen molar-refractivity contribution in [1.29, 1.82) is 0 Å². The summed E-state index contributed by atoms with van der Waals surface area (Å²) in [6.07, 6.45) is 0.221. The number of aromatic nitrogens is 4. The number of nitrogens with one attached hydrogen (secondary N) is 2. The second-order valence-corrected chi connectivity index (χ2v) is 11.7. The summed E-state index contributed by atoms with van der Waals surface area (Å²) in [6, 6.07) is 1.52. The highest BCUT2D eigenvalue weighted by atomic mass is 35.5. The van der Waals surface area contributed by atoms with Crippen LogP contribution in [0.2, 0.25) is 10.0 Å². The monoisotopic (exact) mass is 624 g/mol. The number of hydrogen-bond donors (Lipinski definition) is 2. The number of aromatic amines is 1. The molecule has 1 saturated heterocycles. The maximum Gasteiger partial charge on any atom is 0.350 e. The first kappa shape index (κ1) is 30.8. The van der Waals surface area contributed by atoms with Crippen molar-refractivity contribution in [2.45, 2.75) is 32.4 Å². The number of hydrogen-bond acceptors (Lipinski definition) is 11. The molecule has 1 amide bonds. The average Bonchev–Trinajstić information content (AvgIpc) is 3.50. The number of nitrogens with zero attached hydrogens (tertiary/aromatic N) is 6. The van der Waals surface area contributed by atoms with E-state index in [2.05, 4.69) is 20.3 Å². The predicted octanol–water partition coefficient (Wildman–Crippen LogP) is 3.88. The Kier molecular flexibility index (Phi) is 9.62. The van der Waals surface area contributed by atoms with E-state index in [1.165, 1.54) is 11.3 Å². The van der Waals surface area contributed by atoms with Crippen LogP contribution in [0.4, 0.5) is 16.9 Å². The number of thiazole rings is 1. The van der Waals surface area contributed by atoms with Gasteiger partial charge in [-0.25, -0.2) is 14.8 Å². The molecule has 3 aromatic heterocycles. The van der Waals surface area contributed by atoms with E-state index in [1.807, 2.05) is 38.0 Å². The van der Waals surface area contributed by atoms with Gasteiger partial charge in [-0.2, -0.15) is 4.98 Å². The number of ether oxygens (including phenoxy) is 2. The van der Waals surface area contributed by atoms with E-state index < -0.39 is 5.97 Å². The van der Waals surface area contributed by atoms with Crippen molar-refractivity contribution >= 4 is 63.3 Å². The van der Waals surface area contributed by atoms with Gasteiger partial charge in [0.2, 0.25) is 5.95 Å². The second kappa shape index (κ2) is 12.8. The molecular weight excluding hydrogens is 591 g/mol. The third kappa shape index (κ3) is 6.53. The molecule has 0 spiro atoms. The lowest BCUT2D eigenvalue weighted by Gasteiger charge is -2.37. The molecule has 0 saturated carbocycles. The Morgan fingerprint density at radius 3 is 2.49 bits per heavy atom. The van der Waals surface area contributed by atoms with Crippen molar-refractivity contribution in [3.8, 4) is 11.4 Å². The van der Waals surface area contributed by atoms with Gasteiger partial charge in [-0.1, -0.05) is 34.5 Å². The molecule has 3 aromatic rings. The molecule has 41 heavy (non-hydrogen) atoms. The number of esters is 1. The minimum Gasteiger partial charge on any atom is -0.462 e. The molecule has 0 unspecified atom stereocenters. The Balaban J connectivity index is 1.62. The molecule has 12 nitrogen and oxygen atoms in total. The van der Waals surface area contributed by atoms with Crippen molar-refractivity contribution in [1.82, 2.24) is 25.3 Å². The normalized spacial score (nSPS) is 17.0. The maximum absolute atomic E-state index is 13.0. The van der Waals surface area contributed by atoms with Gasteiger partial charge >= 0.3 is 5.97 Å². The lowest BCUT2D eigenvalue weighted by Crippen LogP contribution is -2.55. The van der Waals surface area contributed by atoms with Gasteiger partial charge in [0.25, 0.3) is 5.91 Å². The van der Waals surface area contributed by atoms with Crippen LogP contribution >= 0.6 is 34.5 Å². The topological polar surface area (TPSA) is 129 Å². The molecule has 0 radical (unpaired) electrons. The summed E-state index contributed by atoms with van der Waals surface area (Å²) in [5.74, 6) is 0.344. The number of amides is 1. The van der Waals surface area contributed by atoms with Gasteiger partial charge in [-0.15, -0.1) is 0 Å². The molecule has 0 aliphatic carbocycles. The van der Waals surface area contributed by atoms with E-state index in [9.17, 15) is 9.59 Å². The first-order valence-corrected chi connectivity index (χ1v) is 14.6. The number of halogens is 2. The quantitative estimate of drug-likeness (QED) is 0.338. The fourth-order valence-corrected chi connectivity index (χ4v) is 5.81. The van der Waals surface area contributed by atoms with Crippen molar-refractivity contribution in [3.05, 3.63) is 32.4 Å².